The summed E-state index contributed by atoms with van der Waals surface area (Å²) in [5.74, 6) is 0.245. The summed E-state index contributed by atoms with van der Waals surface area (Å²) < 4.78 is 0.931. The molecule has 1 fully saturated rings. The molecule has 0 radical (unpaired) electrons. The van der Waals surface area contributed by atoms with E-state index in [1.165, 1.54) is 22.3 Å². The van der Waals surface area contributed by atoms with E-state index in [0.29, 0.717) is 6.04 Å². The zero-order chi connectivity index (χ0) is 19.8. The average molecular weight is 448 g/mol. The largest absolute Gasteiger partial charge is 0.507 e. The van der Waals surface area contributed by atoms with Gasteiger partial charge in [0.25, 0.3) is 0 Å². The molecule has 5 rings (SSSR count). The summed E-state index contributed by atoms with van der Waals surface area (Å²) in [5, 5.41) is 16.7. The van der Waals surface area contributed by atoms with Crippen LogP contribution in [0.4, 0.5) is 0 Å². The SMILES string of the molecule is Oc1ccc(Br)cc1/C=N/N1CCN(C2c3ccccc3-c3ccccc32)CC1. The maximum atomic E-state index is 10.00. The number of hydrogen-bond donors (Lipinski definition) is 1. The Morgan fingerprint density at radius 3 is 2.14 bits per heavy atom. The van der Waals surface area contributed by atoms with Gasteiger partial charge >= 0.3 is 0 Å². The highest BCUT2D eigenvalue weighted by Crippen LogP contribution is 2.46. The highest BCUT2D eigenvalue weighted by atomic mass is 79.9. The minimum atomic E-state index is 0.245. The zero-order valence-electron chi connectivity index (χ0n) is 16.0. The Bertz CT molecular complexity index is 1030. The maximum absolute atomic E-state index is 10.00. The lowest BCUT2D eigenvalue weighted by Gasteiger charge is -2.37. The summed E-state index contributed by atoms with van der Waals surface area (Å²) in [4.78, 5) is 2.56. The van der Waals surface area contributed by atoms with Crippen molar-refractivity contribution in [3.63, 3.8) is 0 Å². The quantitative estimate of drug-likeness (QED) is 0.581. The molecule has 3 aromatic carbocycles. The standard InChI is InChI=1S/C24H22BrN3O/c25-18-9-10-23(29)17(15-18)16-26-28-13-11-27(12-14-28)24-21-7-3-1-5-19(21)20-6-2-4-8-22(20)24/h1-10,15-16,24,29H,11-14H2/b26-16+. The predicted octanol–water partition coefficient (Wildman–Crippen LogP) is 4.88. The van der Waals surface area contributed by atoms with Gasteiger partial charge in [-0.25, -0.2) is 0 Å². The van der Waals surface area contributed by atoms with Crippen LogP contribution in [0.25, 0.3) is 11.1 Å². The number of rotatable bonds is 3. The van der Waals surface area contributed by atoms with Crippen LogP contribution in [0.2, 0.25) is 0 Å². The maximum Gasteiger partial charge on any atom is 0.124 e. The van der Waals surface area contributed by atoms with Crippen LogP contribution in [0.3, 0.4) is 0 Å². The Hall–Kier alpha value is -2.63. The first-order valence-electron chi connectivity index (χ1n) is 9.90. The van der Waals surface area contributed by atoms with Gasteiger partial charge in [0.05, 0.1) is 12.3 Å². The molecule has 1 saturated heterocycles. The summed E-state index contributed by atoms with van der Waals surface area (Å²) in [6.07, 6.45) is 1.75. The molecule has 0 amide bonds. The van der Waals surface area contributed by atoms with E-state index in [0.717, 1.165) is 36.2 Å². The van der Waals surface area contributed by atoms with E-state index in [2.05, 4.69) is 79.5 Å². The molecule has 0 bridgehead atoms. The third kappa shape index (κ3) is 3.45. The van der Waals surface area contributed by atoms with Crippen LogP contribution >= 0.6 is 15.9 Å². The molecule has 4 nitrogen and oxygen atoms in total. The van der Waals surface area contributed by atoms with Gasteiger partial charge in [0.2, 0.25) is 0 Å². The molecule has 1 heterocycles. The van der Waals surface area contributed by atoms with Crippen LogP contribution in [0, 0.1) is 0 Å². The number of phenols is 1. The minimum Gasteiger partial charge on any atom is -0.507 e. The second kappa shape index (κ2) is 7.65. The molecule has 5 heteroatoms. The molecule has 0 spiro atoms. The summed E-state index contributed by atoms with van der Waals surface area (Å²) in [7, 11) is 0. The third-order valence-corrected chi connectivity index (χ3v) is 6.30. The van der Waals surface area contributed by atoms with E-state index >= 15 is 0 Å². The molecule has 1 aliphatic carbocycles. The van der Waals surface area contributed by atoms with Crippen molar-refractivity contribution in [2.45, 2.75) is 6.04 Å². The molecule has 0 atom stereocenters. The molecule has 146 valence electrons. The highest BCUT2D eigenvalue weighted by molar-refractivity contribution is 9.10. The number of hydrazone groups is 1. The van der Waals surface area contributed by atoms with Gasteiger partial charge in [-0.2, -0.15) is 5.10 Å². The Kier molecular flexibility index (Phi) is 4.86. The third-order valence-electron chi connectivity index (χ3n) is 5.81. The van der Waals surface area contributed by atoms with E-state index in [9.17, 15) is 5.11 Å². The summed E-state index contributed by atoms with van der Waals surface area (Å²) in [6, 6.07) is 23.2. The van der Waals surface area contributed by atoms with Crippen LogP contribution in [-0.2, 0) is 0 Å². The first-order chi connectivity index (χ1) is 14.2. The number of halogens is 1. The fourth-order valence-electron chi connectivity index (χ4n) is 4.38. The van der Waals surface area contributed by atoms with Gasteiger partial charge < -0.3 is 5.11 Å². The van der Waals surface area contributed by atoms with Crippen LogP contribution in [0.5, 0.6) is 5.75 Å². The number of phenolic OH excluding ortho intramolecular Hbond substituents is 1. The molecule has 2 aliphatic rings. The van der Waals surface area contributed by atoms with E-state index in [4.69, 9.17) is 0 Å². The van der Waals surface area contributed by atoms with E-state index in [-0.39, 0.29) is 5.75 Å². The highest BCUT2D eigenvalue weighted by Gasteiger charge is 2.33. The number of aromatic hydroxyl groups is 1. The number of benzene rings is 3. The van der Waals surface area contributed by atoms with Crippen LogP contribution in [0.15, 0.2) is 76.3 Å². The van der Waals surface area contributed by atoms with E-state index in [1.54, 1.807) is 12.3 Å². The van der Waals surface area contributed by atoms with Gasteiger partial charge in [-0.3, -0.25) is 9.91 Å². The second-order valence-corrected chi connectivity index (χ2v) is 8.43. The number of hydrogen-bond acceptors (Lipinski definition) is 4. The first kappa shape index (κ1) is 18.4. The van der Waals surface area contributed by atoms with Gasteiger partial charge in [-0.1, -0.05) is 64.5 Å². The Labute approximate surface area is 179 Å². The Morgan fingerprint density at radius 1 is 0.862 bits per heavy atom. The normalized spacial score (nSPS) is 16.9. The number of fused-ring (bicyclic) bond motifs is 3. The van der Waals surface area contributed by atoms with Gasteiger partial charge in [-0.05, 0) is 40.5 Å². The molecule has 3 aromatic rings. The summed E-state index contributed by atoms with van der Waals surface area (Å²) in [5.41, 5.74) is 6.26. The van der Waals surface area contributed by atoms with E-state index < -0.39 is 0 Å². The second-order valence-electron chi connectivity index (χ2n) is 7.51. The van der Waals surface area contributed by atoms with Gasteiger partial charge in [0.15, 0.2) is 0 Å². The first-order valence-corrected chi connectivity index (χ1v) is 10.7. The van der Waals surface area contributed by atoms with Crippen molar-refractivity contribution in [3.8, 4) is 16.9 Å². The predicted molar refractivity (Wildman–Crippen MR) is 120 cm³/mol. The monoisotopic (exact) mass is 447 g/mol. The number of nitrogens with zero attached hydrogens (tertiary/aromatic N) is 3. The van der Waals surface area contributed by atoms with Crippen LogP contribution in [-0.4, -0.2) is 47.4 Å². The van der Waals surface area contributed by atoms with Gasteiger partial charge in [0.1, 0.15) is 5.75 Å². The lowest BCUT2D eigenvalue weighted by atomic mass is 10.0. The lowest BCUT2D eigenvalue weighted by Crippen LogP contribution is -2.45. The summed E-state index contributed by atoms with van der Waals surface area (Å²) >= 11 is 3.44. The van der Waals surface area contributed by atoms with Crippen molar-refractivity contribution in [1.82, 2.24) is 9.91 Å². The molecule has 29 heavy (non-hydrogen) atoms. The molecule has 1 N–H and O–H groups in total. The van der Waals surface area contributed by atoms with Crippen molar-refractivity contribution in [2.24, 2.45) is 5.10 Å². The fraction of sp³-hybridized carbons (Fsp3) is 0.208. The fourth-order valence-corrected chi connectivity index (χ4v) is 4.76. The topological polar surface area (TPSA) is 39.1 Å². The zero-order valence-corrected chi connectivity index (χ0v) is 17.6. The van der Waals surface area contributed by atoms with Crippen molar-refractivity contribution < 1.29 is 5.11 Å². The summed E-state index contributed by atoms with van der Waals surface area (Å²) in [6.45, 7) is 3.64. The molecule has 0 unspecified atom stereocenters. The Balaban J connectivity index is 1.32. The minimum absolute atomic E-state index is 0.245. The van der Waals surface area contributed by atoms with Crippen LogP contribution in [0.1, 0.15) is 22.7 Å². The Morgan fingerprint density at radius 2 is 1.48 bits per heavy atom. The number of piperazine rings is 1. The molecule has 1 aliphatic heterocycles. The molecule has 0 saturated carbocycles. The molecular formula is C24H22BrN3O. The molecule has 0 aromatic heterocycles. The van der Waals surface area contributed by atoms with E-state index in [1.807, 2.05) is 12.1 Å². The van der Waals surface area contributed by atoms with Crippen molar-refractivity contribution in [1.29, 1.82) is 0 Å². The van der Waals surface area contributed by atoms with Crippen molar-refractivity contribution in [3.05, 3.63) is 87.9 Å². The lowest BCUT2D eigenvalue weighted by molar-refractivity contribution is 0.114. The van der Waals surface area contributed by atoms with Gasteiger partial charge in [-0.15, -0.1) is 0 Å². The van der Waals surface area contributed by atoms with Crippen LogP contribution < -0.4 is 0 Å². The van der Waals surface area contributed by atoms with Crippen molar-refractivity contribution >= 4 is 22.1 Å². The van der Waals surface area contributed by atoms with Gasteiger partial charge in [0, 0.05) is 36.2 Å². The van der Waals surface area contributed by atoms with Crippen molar-refractivity contribution in [2.75, 3.05) is 26.2 Å². The smallest absolute Gasteiger partial charge is 0.124 e. The molecular weight excluding hydrogens is 426 g/mol. The average Bonchev–Trinajstić information content (AvgIpc) is 3.09.